The van der Waals surface area contributed by atoms with Crippen LogP contribution in [0, 0.1) is 0 Å². The Morgan fingerprint density at radius 3 is 3.20 bits per heavy atom. The summed E-state index contributed by atoms with van der Waals surface area (Å²) in [5, 5.41) is 3.34. The predicted molar refractivity (Wildman–Crippen MR) is 60.6 cm³/mol. The van der Waals surface area contributed by atoms with Crippen LogP contribution in [0.25, 0.3) is 10.3 Å². The molecule has 0 spiro atoms. The summed E-state index contributed by atoms with van der Waals surface area (Å²) < 4.78 is 6.13. The smallest absolute Gasteiger partial charge is 0.396 e. The van der Waals surface area contributed by atoms with Crippen molar-refractivity contribution < 1.29 is 4.42 Å². The maximum Gasteiger partial charge on any atom is 0.396 e. The van der Waals surface area contributed by atoms with Crippen LogP contribution >= 0.6 is 11.3 Å². The molecule has 15 heavy (non-hydrogen) atoms. The first-order valence-corrected chi connectivity index (χ1v) is 5.89. The van der Waals surface area contributed by atoms with Gasteiger partial charge in [0.05, 0.1) is 4.70 Å². The van der Waals surface area contributed by atoms with Gasteiger partial charge in [-0.2, -0.15) is 0 Å². The zero-order chi connectivity index (χ0) is 10.3. The molecule has 0 radical (unpaired) electrons. The summed E-state index contributed by atoms with van der Waals surface area (Å²) in [6.45, 7) is 2.07. The molecule has 1 fully saturated rings. The molecule has 3 nitrogen and oxygen atoms in total. The first-order valence-electron chi connectivity index (χ1n) is 5.08. The first-order chi connectivity index (χ1) is 7.34. The molecule has 3 rings (SSSR count). The fourth-order valence-corrected chi connectivity index (χ4v) is 3.02. The largest absolute Gasteiger partial charge is 0.414 e. The molecule has 1 aromatic heterocycles. The van der Waals surface area contributed by atoms with Crippen LogP contribution in [-0.4, -0.2) is 13.1 Å². The lowest BCUT2D eigenvalue weighted by Gasteiger charge is -2.08. The fraction of sp³-hybridized carbons (Fsp3) is 0.364. The summed E-state index contributed by atoms with van der Waals surface area (Å²) in [5.74, 6) is 0.530. The van der Waals surface area contributed by atoms with Crippen LogP contribution in [0.1, 0.15) is 17.9 Å². The minimum absolute atomic E-state index is 0.205. The van der Waals surface area contributed by atoms with Crippen molar-refractivity contribution in [2.24, 2.45) is 0 Å². The standard InChI is InChI=1S/C11H11NO2S/c13-11-14-9-3-1-2-8(10(9)15-11)7-4-5-12-6-7/h1-3,7,12H,4-6H2. The molecule has 1 saturated heterocycles. The van der Waals surface area contributed by atoms with E-state index in [-0.39, 0.29) is 4.94 Å². The van der Waals surface area contributed by atoms with Crippen LogP contribution in [0.4, 0.5) is 0 Å². The highest BCUT2D eigenvalue weighted by Crippen LogP contribution is 2.30. The second-order valence-corrected chi connectivity index (χ2v) is 4.76. The van der Waals surface area contributed by atoms with Gasteiger partial charge in [0.15, 0.2) is 0 Å². The third-order valence-corrected chi connectivity index (χ3v) is 3.78. The zero-order valence-corrected chi connectivity index (χ0v) is 8.97. The van der Waals surface area contributed by atoms with Gasteiger partial charge < -0.3 is 9.73 Å². The number of rotatable bonds is 1. The number of nitrogens with one attached hydrogen (secondary N) is 1. The summed E-state index contributed by atoms with van der Waals surface area (Å²) in [5.41, 5.74) is 1.99. The number of benzene rings is 1. The molecule has 1 aromatic carbocycles. The van der Waals surface area contributed by atoms with Gasteiger partial charge in [-0.1, -0.05) is 23.5 Å². The average molecular weight is 221 g/mol. The number of hydrogen-bond acceptors (Lipinski definition) is 4. The quantitative estimate of drug-likeness (QED) is 0.800. The molecule has 4 heteroatoms. The van der Waals surface area contributed by atoms with E-state index < -0.39 is 0 Å². The Morgan fingerprint density at radius 2 is 2.40 bits per heavy atom. The van der Waals surface area contributed by atoms with Gasteiger partial charge in [-0.25, -0.2) is 4.79 Å². The highest BCUT2D eigenvalue weighted by Gasteiger charge is 2.20. The Balaban J connectivity index is 2.20. The molecule has 1 N–H and O–H groups in total. The Labute approximate surface area is 90.7 Å². The lowest BCUT2D eigenvalue weighted by molar-refractivity contribution is 0.585. The monoisotopic (exact) mass is 221 g/mol. The fourth-order valence-electron chi connectivity index (χ4n) is 2.16. The van der Waals surface area contributed by atoms with Crippen molar-refractivity contribution in [3.8, 4) is 0 Å². The van der Waals surface area contributed by atoms with Crippen molar-refractivity contribution in [1.29, 1.82) is 0 Å². The summed E-state index contributed by atoms with van der Waals surface area (Å²) >= 11 is 1.22. The van der Waals surface area contributed by atoms with Crippen molar-refractivity contribution in [1.82, 2.24) is 5.32 Å². The summed E-state index contributed by atoms with van der Waals surface area (Å²) in [4.78, 5) is 11.0. The van der Waals surface area contributed by atoms with Crippen LogP contribution in [0.2, 0.25) is 0 Å². The van der Waals surface area contributed by atoms with Gasteiger partial charge in [0.1, 0.15) is 5.58 Å². The SMILES string of the molecule is O=c1oc2cccc(C3CCNC3)c2s1. The van der Waals surface area contributed by atoms with Crippen molar-refractivity contribution >= 4 is 21.6 Å². The highest BCUT2D eigenvalue weighted by atomic mass is 32.1. The van der Waals surface area contributed by atoms with Gasteiger partial charge in [-0.05, 0) is 30.5 Å². The van der Waals surface area contributed by atoms with E-state index in [1.54, 1.807) is 0 Å². The zero-order valence-electron chi connectivity index (χ0n) is 8.16. The summed E-state index contributed by atoms with van der Waals surface area (Å²) in [6, 6.07) is 5.93. The molecule has 78 valence electrons. The molecule has 0 bridgehead atoms. The molecular weight excluding hydrogens is 210 g/mol. The van der Waals surface area contributed by atoms with Crippen LogP contribution in [0.15, 0.2) is 27.4 Å². The number of hydrogen-bond donors (Lipinski definition) is 1. The van der Waals surface area contributed by atoms with Gasteiger partial charge in [-0.15, -0.1) is 0 Å². The first kappa shape index (κ1) is 9.12. The molecule has 0 saturated carbocycles. The van der Waals surface area contributed by atoms with Gasteiger partial charge in [-0.3, -0.25) is 0 Å². The summed E-state index contributed by atoms with van der Waals surface area (Å²) in [6.07, 6.45) is 1.14. The van der Waals surface area contributed by atoms with E-state index in [4.69, 9.17) is 4.42 Å². The average Bonchev–Trinajstić information content (AvgIpc) is 2.82. The maximum absolute atomic E-state index is 11.2. The van der Waals surface area contributed by atoms with E-state index in [9.17, 15) is 4.79 Å². The Hall–Kier alpha value is -1.13. The lowest BCUT2D eigenvalue weighted by Crippen LogP contribution is -2.07. The minimum atomic E-state index is -0.205. The van der Waals surface area contributed by atoms with E-state index in [2.05, 4.69) is 11.4 Å². The molecule has 0 aliphatic carbocycles. The molecule has 1 unspecified atom stereocenters. The van der Waals surface area contributed by atoms with E-state index in [1.807, 2.05) is 12.1 Å². The van der Waals surface area contributed by atoms with Gasteiger partial charge in [0.25, 0.3) is 0 Å². The predicted octanol–water partition coefficient (Wildman–Crippen LogP) is 1.93. The van der Waals surface area contributed by atoms with E-state index in [1.165, 1.54) is 16.9 Å². The van der Waals surface area contributed by atoms with Gasteiger partial charge >= 0.3 is 4.94 Å². The van der Waals surface area contributed by atoms with Crippen molar-refractivity contribution in [2.75, 3.05) is 13.1 Å². The van der Waals surface area contributed by atoms with Crippen molar-refractivity contribution in [3.63, 3.8) is 0 Å². The number of fused-ring (bicyclic) bond motifs is 1. The minimum Gasteiger partial charge on any atom is -0.414 e. The van der Waals surface area contributed by atoms with Gasteiger partial charge in [0, 0.05) is 6.54 Å². The van der Waals surface area contributed by atoms with E-state index >= 15 is 0 Å². The second kappa shape index (κ2) is 3.47. The highest BCUT2D eigenvalue weighted by molar-refractivity contribution is 7.16. The molecule has 2 heterocycles. The van der Waals surface area contributed by atoms with Crippen molar-refractivity contribution in [2.45, 2.75) is 12.3 Å². The van der Waals surface area contributed by atoms with Gasteiger partial charge in [0.2, 0.25) is 0 Å². The normalized spacial score (nSPS) is 21.2. The summed E-state index contributed by atoms with van der Waals surface area (Å²) in [7, 11) is 0. The van der Waals surface area contributed by atoms with Crippen LogP contribution in [0.5, 0.6) is 0 Å². The second-order valence-electron chi connectivity index (χ2n) is 3.82. The van der Waals surface area contributed by atoms with Crippen LogP contribution in [-0.2, 0) is 0 Å². The molecule has 1 aliphatic rings. The van der Waals surface area contributed by atoms with Crippen molar-refractivity contribution in [3.05, 3.63) is 33.5 Å². The Bertz CT molecular complexity index is 537. The van der Waals surface area contributed by atoms with E-state index in [0.29, 0.717) is 5.92 Å². The topological polar surface area (TPSA) is 42.2 Å². The van der Waals surface area contributed by atoms with E-state index in [0.717, 1.165) is 29.8 Å². The Kier molecular flexibility index (Phi) is 2.11. The Morgan fingerprint density at radius 1 is 1.47 bits per heavy atom. The molecule has 0 amide bonds. The molecule has 2 aromatic rings. The molecule has 1 atom stereocenters. The van der Waals surface area contributed by atoms with Crippen LogP contribution in [0.3, 0.4) is 0 Å². The maximum atomic E-state index is 11.2. The van der Waals surface area contributed by atoms with Crippen LogP contribution < -0.4 is 10.3 Å². The molecular formula is C11H11NO2S. The third-order valence-electron chi connectivity index (χ3n) is 2.89. The lowest BCUT2D eigenvalue weighted by atomic mass is 9.98. The molecule has 1 aliphatic heterocycles. The third kappa shape index (κ3) is 1.50.